The monoisotopic (exact) mass is 539 g/mol. The molecule has 176 valence electrons. The first-order valence-electron chi connectivity index (χ1n) is 11.5. The minimum Gasteiger partial charge on any atom is -0.497 e. The molecule has 0 spiro atoms. The second-order valence-electron chi connectivity index (χ2n) is 8.71. The van der Waals surface area contributed by atoms with Crippen LogP contribution in [-0.2, 0) is 6.54 Å². The van der Waals surface area contributed by atoms with Gasteiger partial charge in [0, 0.05) is 36.3 Å². The highest BCUT2D eigenvalue weighted by Crippen LogP contribution is 2.30. The number of aromatic nitrogens is 3. The molecule has 6 nitrogen and oxygen atoms in total. The van der Waals surface area contributed by atoms with Gasteiger partial charge in [-0.05, 0) is 65.0 Å². The van der Waals surface area contributed by atoms with Crippen molar-refractivity contribution in [3.05, 3.63) is 75.9 Å². The van der Waals surface area contributed by atoms with Gasteiger partial charge in [0.25, 0.3) is 0 Å². The minimum atomic E-state index is 0.554. The van der Waals surface area contributed by atoms with E-state index in [4.69, 9.17) is 21.3 Å². The predicted molar refractivity (Wildman–Crippen MR) is 141 cm³/mol. The fourth-order valence-corrected chi connectivity index (χ4v) is 5.15. The maximum absolute atomic E-state index is 6.47. The zero-order chi connectivity index (χ0) is 23.5. The Balaban J connectivity index is 1.30. The summed E-state index contributed by atoms with van der Waals surface area (Å²) >= 11 is 10.0. The molecule has 2 aromatic carbocycles. The van der Waals surface area contributed by atoms with Crippen LogP contribution in [0.4, 0.5) is 5.82 Å². The SMILES string of the molecule is COc1ccc(CN2CCCC(CNc3cc(-c4ccccc4Cl)nc4c(Br)cnn34)C2)cc1. The van der Waals surface area contributed by atoms with E-state index in [2.05, 4.69) is 43.4 Å². The zero-order valence-corrected chi connectivity index (χ0v) is 21.4. The number of hydrogen-bond donors (Lipinski definition) is 1. The first-order valence-corrected chi connectivity index (χ1v) is 12.7. The summed E-state index contributed by atoms with van der Waals surface area (Å²) in [7, 11) is 1.70. The number of methoxy groups -OCH3 is 1. The zero-order valence-electron chi connectivity index (χ0n) is 19.0. The van der Waals surface area contributed by atoms with Crippen LogP contribution >= 0.6 is 27.5 Å². The largest absolute Gasteiger partial charge is 0.497 e. The predicted octanol–water partition coefficient (Wildman–Crippen LogP) is 6.14. The summed E-state index contributed by atoms with van der Waals surface area (Å²) in [6, 6.07) is 18.2. The van der Waals surface area contributed by atoms with Crippen molar-refractivity contribution in [2.24, 2.45) is 5.92 Å². The second-order valence-corrected chi connectivity index (χ2v) is 9.97. The van der Waals surface area contributed by atoms with Gasteiger partial charge in [-0.1, -0.05) is 41.9 Å². The Morgan fingerprint density at radius 2 is 2.00 bits per heavy atom. The molecule has 1 fully saturated rings. The fourth-order valence-electron chi connectivity index (χ4n) is 4.57. The highest BCUT2D eigenvalue weighted by atomic mass is 79.9. The van der Waals surface area contributed by atoms with Gasteiger partial charge >= 0.3 is 0 Å². The molecule has 1 aliphatic heterocycles. The maximum atomic E-state index is 6.47. The van der Waals surface area contributed by atoms with Gasteiger partial charge in [-0.2, -0.15) is 9.61 Å². The van der Waals surface area contributed by atoms with E-state index in [1.165, 1.54) is 18.4 Å². The summed E-state index contributed by atoms with van der Waals surface area (Å²) in [5, 5.41) is 8.85. The van der Waals surface area contributed by atoms with Crippen molar-refractivity contribution >= 4 is 39.0 Å². The third-order valence-corrected chi connectivity index (χ3v) is 7.21. The van der Waals surface area contributed by atoms with E-state index in [9.17, 15) is 0 Å². The fraction of sp³-hybridized carbons (Fsp3) is 0.308. The lowest BCUT2D eigenvalue weighted by molar-refractivity contribution is 0.173. The molecule has 1 N–H and O–H groups in total. The Kier molecular flexibility index (Phi) is 7.04. The summed E-state index contributed by atoms with van der Waals surface area (Å²) in [6.45, 7) is 4.03. The van der Waals surface area contributed by atoms with E-state index in [-0.39, 0.29) is 0 Å². The number of benzene rings is 2. The maximum Gasteiger partial charge on any atom is 0.172 e. The Morgan fingerprint density at radius 3 is 2.79 bits per heavy atom. The third-order valence-electron chi connectivity index (χ3n) is 6.32. The molecule has 8 heteroatoms. The van der Waals surface area contributed by atoms with Crippen LogP contribution in [0.1, 0.15) is 18.4 Å². The van der Waals surface area contributed by atoms with Gasteiger partial charge in [0.2, 0.25) is 0 Å². The number of hydrogen-bond acceptors (Lipinski definition) is 5. The van der Waals surface area contributed by atoms with Crippen LogP contribution in [0.25, 0.3) is 16.9 Å². The molecule has 0 amide bonds. The number of ether oxygens (including phenoxy) is 1. The number of halogens is 2. The minimum absolute atomic E-state index is 0.554. The molecule has 0 bridgehead atoms. The normalized spacial score (nSPS) is 16.6. The smallest absolute Gasteiger partial charge is 0.172 e. The lowest BCUT2D eigenvalue weighted by Crippen LogP contribution is -2.37. The van der Waals surface area contributed by atoms with Crippen LogP contribution in [0, 0.1) is 5.92 Å². The standard InChI is InChI=1S/C26H27BrClN5O/c1-34-20-10-8-18(9-11-20)16-32-12-4-5-19(17-32)14-29-25-13-24(21-6-2-3-7-23(21)28)31-26-22(27)15-30-33(25)26/h2-3,6-11,13,15,19,29H,4-5,12,14,16-17H2,1H3. The van der Waals surface area contributed by atoms with Crippen LogP contribution in [0.5, 0.6) is 5.75 Å². The Bertz CT molecular complexity index is 1280. The number of likely N-dealkylation sites (tertiary alicyclic amines) is 1. The van der Waals surface area contributed by atoms with Crippen LogP contribution < -0.4 is 10.1 Å². The molecule has 34 heavy (non-hydrogen) atoms. The number of piperidine rings is 1. The van der Waals surface area contributed by atoms with Gasteiger partial charge in [0.1, 0.15) is 11.6 Å². The van der Waals surface area contributed by atoms with Crippen LogP contribution in [0.2, 0.25) is 5.02 Å². The van der Waals surface area contributed by atoms with Crippen molar-refractivity contribution < 1.29 is 4.74 Å². The van der Waals surface area contributed by atoms with Crippen LogP contribution in [0.3, 0.4) is 0 Å². The first-order chi connectivity index (χ1) is 16.6. The van der Waals surface area contributed by atoms with Gasteiger partial charge in [0.15, 0.2) is 5.65 Å². The first kappa shape index (κ1) is 23.1. The summed E-state index contributed by atoms with van der Waals surface area (Å²) < 4.78 is 7.99. The number of fused-ring (bicyclic) bond motifs is 1. The Hall–Kier alpha value is -2.61. The van der Waals surface area contributed by atoms with Gasteiger partial charge < -0.3 is 10.1 Å². The third kappa shape index (κ3) is 5.06. The average Bonchev–Trinajstić information content (AvgIpc) is 3.24. The van der Waals surface area contributed by atoms with E-state index in [0.717, 1.165) is 59.1 Å². The van der Waals surface area contributed by atoms with E-state index in [0.29, 0.717) is 10.9 Å². The lowest BCUT2D eigenvalue weighted by Gasteiger charge is -2.33. The van der Waals surface area contributed by atoms with E-state index in [1.54, 1.807) is 13.3 Å². The molecule has 0 aliphatic carbocycles. The van der Waals surface area contributed by atoms with Crippen molar-refractivity contribution in [2.45, 2.75) is 19.4 Å². The number of rotatable bonds is 7. The number of nitrogens with zero attached hydrogens (tertiary/aromatic N) is 4. The van der Waals surface area contributed by atoms with E-state index in [1.807, 2.05) is 47.0 Å². The van der Waals surface area contributed by atoms with E-state index >= 15 is 0 Å². The quantitative estimate of drug-likeness (QED) is 0.305. The van der Waals surface area contributed by atoms with Crippen molar-refractivity contribution in [2.75, 3.05) is 32.1 Å². The molecule has 4 aromatic rings. The molecule has 1 saturated heterocycles. The molecule has 3 heterocycles. The van der Waals surface area contributed by atoms with Gasteiger partial charge in [-0.15, -0.1) is 0 Å². The lowest BCUT2D eigenvalue weighted by atomic mass is 9.97. The number of nitrogens with one attached hydrogen (secondary N) is 1. The molecular formula is C26H27BrClN5O. The number of anilines is 1. The highest BCUT2D eigenvalue weighted by molar-refractivity contribution is 9.10. The highest BCUT2D eigenvalue weighted by Gasteiger charge is 2.21. The Labute approximate surface area is 213 Å². The summed E-state index contributed by atoms with van der Waals surface area (Å²) in [5.74, 6) is 2.37. The van der Waals surface area contributed by atoms with Gasteiger partial charge in [0.05, 0.1) is 23.5 Å². The van der Waals surface area contributed by atoms with E-state index < -0.39 is 0 Å². The topological polar surface area (TPSA) is 54.7 Å². The van der Waals surface area contributed by atoms with Crippen LogP contribution in [-0.4, -0.2) is 46.2 Å². The second kappa shape index (κ2) is 10.3. The molecular weight excluding hydrogens is 514 g/mol. The molecule has 1 atom stereocenters. The molecule has 2 aromatic heterocycles. The average molecular weight is 541 g/mol. The molecule has 1 unspecified atom stereocenters. The van der Waals surface area contributed by atoms with Crippen molar-refractivity contribution in [1.29, 1.82) is 0 Å². The van der Waals surface area contributed by atoms with Crippen molar-refractivity contribution in [3.63, 3.8) is 0 Å². The summed E-state index contributed by atoms with van der Waals surface area (Å²) in [6.07, 6.45) is 4.19. The molecule has 1 aliphatic rings. The summed E-state index contributed by atoms with van der Waals surface area (Å²) in [5.41, 5.74) is 3.82. The molecule has 0 radical (unpaired) electrons. The van der Waals surface area contributed by atoms with Gasteiger partial charge in [-0.25, -0.2) is 4.98 Å². The van der Waals surface area contributed by atoms with Crippen molar-refractivity contribution in [1.82, 2.24) is 19.5 Å². The van der Waals surface area contributed by atoms with Crippen LogP contribution in [0.15, 0.2) is 65.3 Å². The Morgan fingerprint density at radius 1 is 1.18 bits per heavy atom. The molecule has 0 saturated carbocycles. The summed E-state index contributed by atoms with van der Waals surface area (Å²) in [4.78, 5) is 7.35. The van der Waals surface area contributed by atoms with Gasteiger partial charge in [-0.3, -0.25) is 4.90 Å². The van der Waals surface area contributed by atoms with Crippen molar-refractivity contribution in [3.8, 4) is 17.0 Å². The molecule has 5 rings (SSSR count).